The summed E-state index contributed by atoms with van der Waals surface area (Å²) in [5, 5.41) is 0.904. The van der Waals surface area contributed by atoms with E-state index in [1.165, 1.54) is 0 Å². The van der Waals surface area contributed by atoms with Crippen molar-refractivity contribution in [3.05, 3.63) is 47.7 Å². The highest BCUT2D eigenvalue weighted by atomic mass is 28.3. The quantitative estimate of drug-likeness (QED) is 0.739. The lowest BCUT2D eigenvalue weighted by Gasteiger charge is -2.22. The molecular weight excluding hydrogens is 270 g/mol. The molecule has 0 atom stereocenters. The zero-order valence-electron chi connectivity index (χ0n) is 17.6. The summed E-state index contributed by atoms with van der Waals surface area (Å²) in [5.74, 6) is -0.208. The average molecular weight is 302 g/mol. The molecule has 2 aromatic rings. The second kappa shape index (κ2) is 6.14. The van der Waals surface area contributed by atoms with Gasteiger partial charge in [-0.25, -0.2) is 0 Å². The molecule has 0 aliphatic heterocycles. The van der Waals surface area contributed by atoms with Crippen LogP contribution in [0.5, 0.6) is 0 Å². The minimum Gasteiger partial charge on any atom is -0.253 e. The molecule has 2 heteroatoms. The number of hydrogen-bond donors (Lipinski definition) is 0. The first-order valence-corrected chi connectivity index (χ1v) is 10.9. The Morgan fingerprint density at radius 1 is 1.19 bits per heavy atom. The van der Waals surface area contributed by atoms with E-state index >= 15 is 0 Å². The Morgan fingerprint density at radius 2 is 1.86 bits per heavy atom. The van der Waals surface area contributed by atoms with Crippen molar-refractivity contribution in [2.75, 3.05) is 0 Å². The summed E-state index contributed by atoms with van der Waals surface area (Å²) < 4.78 is 33.2. The molecule has 0 amide bonds. The standard InChI is InChI=1S/C19H27NSi/c1-14(2)12-17-13-18(21(4,5)6)15(3)20-19(17)16-10-8-7-9-11-16/h7-11,13-14H,12H2,1-6H3/i3D2,12D2. The first-order chi connectivity index (χ1) is 11.5. The van der Waals surface area contributed by atoms with Crippen LogP contribution in [0.4, 0.5) is 0 Å². The van der Waals surface area contributed by atoms with Crippen molar-refractivity contribution >= 4 is 13.3 Å². The molecule has 0 N–H and O–H groups in total. The fraction of sp³-hybridized carbons (Fsp3) is 0.421. The lowest BCUT2D eigenvalue weighted by molar-refractivity contribution is 0.647. The zero-order valence-corrected chi connectivity index (χ0v) is 14.6. The van der Waals surface area contributed by atoms with Crippen molar-refractivity contribution in [3.63, 3.8) is 0 Å². The lowest BCUT2D eigenvalue weighted by atomic mass is 9.97. The molecular formula is C19H27NSi. The van der Waals surface area contributed by atoms with E-state index in [9.17, 15) is 0 Å². The van der Waals surface area contributed by atoms with Crippen LogP contribution >= 0.6 is 0 Å². The molecule has 1 aromatic heterocycles. The summed E-state index contributed by atoms with van der Waals surface area (Å²) in [5.41, 5.74) is 2.41. The van der Waals surface area contributed by atoms with Crippen molar-refractivity contribution in [3.8, 4) is 11.3 Å². The number of aryl methyl sites for hydroxylation is 1. The van der Waals surface area contributed by atoms with E-state index < -0.39 is 21.3 Å². The number of pyridine rings is 1. The highest BCUT2D eigenvalue weighted by Gasteiger charge is 2.22. The van der Waals surface area contributed by atoms with Gasteiger partial charge in [-0.1, -0.05) is 69.9 Å². The molecule has 0 saturated heterocycles. The Hall–Kier alpha value is -1.41. The van der Waals surface area contributed by atoms with E-state index in [4.69, 9.17) is 5.48 Å². The first-order valence-electron chi connectivity index (χ1n) is 9.57. The molecule has 0 aliphatic rings. The van der Waals surface area contributed by atoms with Crippen LogP contribution in [0.2, 0.25) is 19.6 Å². The second-order valence-corrected chi connectivity index (χ2v) is 11.8. The molecule has 0 spiro atoms. The smallest absolute Gasteiger partial charge is 0.0799 e. The van der Waals surface area contributed by atoms with Gasteiger partial charge in [-0.05, 0) is 29.9 Å². The maximum absolute atomic E-state index is 8.64. The SMILES string of the molecule is [2H]C([2H])c1nc(-c2ccccc2)c(C([2H])([2H])C(C)C)cc1[Si](C)(C)C. The van der Waals surface area contributed by atoms with E-state index in [1.54, 1.807) is 0 Å². The van der Waals surface area contributed by atoms with Gasteiger partial charge in [0, 0.05) is 16.7 Å². The third-order valence-corrected chi connectivity index (χ3v) is 5.37. The summed E-state index contributed by atoms with van der Waals surface area (Å²) in [6.07, 6.45) is -1.54. The average Bonchev–Trinajstić information content (AvgIpc) is 2.53. The van der Waals surface area contributed by atoms with E-state index in [-0.39, 0.29) is 5.92 Å². The lowest BCUT2D eigenvalue weighted by Crippen LogP contribution is -2.40. The Kier molecular flexibility index (Phi) is 3.28. The van der Waals surface area contributed by atoms with Crippen LogP contribution in [0.15, 0.2) is 36.4 Å². The fourth-order valence-corrected chi connectivity index (χ4v) is 3.77. The Bertz CT molecular complexity index is 737. The summed E-state index contributed by atoms with van der Waals surface area (Å²) >= 11 is 0. The molecule has 1 aromatic carbocycles. The number of hydrogen-bond acceptors (Lipinski definition) is 1. The number of nitrogens with zero attached hydrogens (tertiary/aromatic N) is 1. The van der Waals surface area contributed by atoms with Gasteiger partial charge in [0.2, 0.25) is 0 Å². The molecule has 1 nitrogen and oxygen atoms in total. The third kappa shape index (κ3) is 3.82. The van der Waals surface area contributed by atoms with Gasteiger partial charge in [-0.2, -0.15) is 0 Å². The van der Waals surface area contributed by atoms with Crippen molar-refractivity contribution < 1.29 is 5.48 Å². The Labute approximate surface area is 136 Å². The van der Waals surface area contributed by atoms with Gasteiger partial charge >= 0.3 is 0 Å². The molecule has 0 radical (unpaired) electrons. The maximum atomic E-state index is 8.64. The zero-order chi connectivity index (χ0) is 19.0. The van der Waals surface area contributed by atoms with Crippen molar-refractivity contribution in [1.82, 2.24) is 4.98 Å². The van der Waals surface area contributed by atoms with Gasteiger partial charge in [0.25, 0.3) is 0 Å². The highest BCUT2D eigenvalue weighted by Crippen LogP contribution is 2.24. The summed E-state index contributed by atoms with van der Waals surface area (Å²) in [6, 6.07) is 11.4. The normalized spacial score (nSPS) is 15.6. The predicted octanol–water partition coefficient (Wildman–Crippen LogP) is 4.80. The van der Waals surface area contributed by atoms with Gasteiger partial charge in [0.1, 0.15) is 0 Å². The van der Waals surface area contributed by atoms with Gasteiger partial charge in [0.05, 0.1) is 13.8 Å². The number of rotatable bonds is 4. The highest BCUT2D eigenvalue weighted by molar-refractivity contribution is 6.89. The van der Waals surface area contributed by atoms with Crippen LogP contribution in [0.3, 0.4) is 0 Å². The molecule has 21 heavy (non-hydrogen) atoms. The summed E-state index contributed by atoms with van der Waals surface area (Å²) in [4.78, 5) is 4.68. The van der Waals surface area contributed by atoms with Gasteiger partial charge < -0.3 is 0 Å². The maximum Gasteiger partial charge on any atom is 0.0799 e. The Morgan fingerprint density at radius 3 is 2.38 bits per heavy atom. The van der Waals surface area contributed by atoms with E-state index in [0.717, 1.165) is 10.8 Å². The molecule has 0 aliphatic carbocycles. The van der Waals surface area contributed by atoms with Crippen LogP contribution in [0.25, 0.3) is 11.3 Å². The summed E-state index contributed by atoms with van der Waals surface area (Å²) in [6.45, 7) is 9.00. The van der Waals surface area contributed by atoms with Crippen LogP contribution in [0, 0.1) is 12.8 Å². The van der Waals surface area contributed by atoms with Gasteiger partial charge in [-0.3, -0.25) is 4.98 Å². The molecule has 2 rings (SSSR count). The molecule has 0 saturated carbocycles. The summed E-state index contributed by atoms with van der Waals surface area (Å²) in [7, 11) is -1.88. The molecule has 1 heterocycles. The minimum atomic E-state index is -1.88. The molecule has 112 valence electrons. The van der Waals surface area contributed by atoms with Crippen molar-refractivity contribution in [2.45, 2.75) is 46.7 Å². The van der Waals surface area contributed by atoms with Crippen LogP contribution in [-0.4, -0.2) is 13.1 Å². The number of aromatic nitrogens is 1. The van der Waals surface area contributed by atoms with E-state index in [0.29, 0.717) is 17.0 Å². The van der Waals surface area contributed by atoms with Crippen LogP contribution in [0.1, 0.15) is 30.6 Å². The van der Waals surface area contributed by atoms with Crippen LogP contribution < -0.4 is 5.19 Å². The van der Waals surface area contributed by atoms with E-state index in [2.05, 4.69) is 24.6 Å². The Balaban J connectivity index is 2.88. The van der Waals surface area contributed by atoms with Gasteiger partial charge in [0.15, 0.2) is 0 Å². The first kappa shape index (κ1) is 11.2. The fourth-order valence-electron chi connectivity index (χ4n) is 2.37. The molecule has 0 bridgehead atoms. The number of benzene rings is 1. The largest absolute Gasteiger partial charge is 0.253 e. The monoisotopic (exact) mass is 301 g/mol. The predicted molar refractivity (Wildman–Crippen MR) is 95.9 cm³/mol. The van der Waals surface area contributed by atoms with Crippen LogP contribution in [-0.2, 0) is 6.37 Å². The van der Waals surface area contributed by atoms with Gasteiger partial charge in [-0.15, -0.1) is 0 Å². The second-order valence-electron chi connectivity index (χ2n) is 6.73. The van der Waals surface area contributed by atoms with E-state index in [1.807, 2.05) is 50.2 Å². The van der Waals surface area contributed by atoms with Crippen molar-refractivity contribution in [1.29, 1.82) is 0 Å². The third-order valence-electron chi connectivity index (χ3n) is 3.35. The topological polar surface area (TPSA) is 12.9 Å². The van der Waals surface area contributed by atoms with Crippen molar-refractivity contribution in [2.24, 2.45) is 5.92 Å². The molecule has 0 fully saturated rings. The minimum absolute atomic E-state index is 0.208. The molecule has 0 unspecified atom stereocenters.